The van der Waals surface area contributed by atoms with Gasteiger partial charge in [0.1, 0.15) is 22.8 Å². The minimum absolute atomic E-state index is 0.126. The van der Waals surface area contributed by atoms with Crippen LogP contribution >= 0.6 is 0 Å². The zero-order valence-electron chi connectivity index (χ0n) is 19.7. The van der Waals surface area contributed by atoms with E-state index in [0.29, 0.717) is 30.0 Å². The van der Waals surface area contributed by atoms with E-state index < -0.39 is 6.36 Å². The summed E-state index contributed by atoms with van der Waals surface area (Å²) in [6.07, 6.45) is -2.52. The third-order valence-corrected chi connectivity index (χ3v) is 5.65. The number of carbonyl (C=O) groups excluding carboxylic acids is 1. The number of methoxy groups -OCH3 is 1. The van der Waals surface area contributed by atoms with Crippen molar-refractivity contribution in [1.82, 2.24) is 19.9 Å². The lowest BCUT2D eigenvalue weighted by Gasteiger charge is -2.15. The van der Waals surface area contributed by atoms with Gasteiger partial charge in [-0.1, -0.05) is 24.3 Å². The molecule has 2 aromatic carbocycles. The van der Waals surface area contributed by atoms with E-state index in [2.05, 4.69) is 20.0 Å². The summed E-state index contributed by atoms with van der Waals surface area (Å²) in [5.74, 6) is 0.986. The maximum absolute atomic E-state index is 12.7. The lowest BCUT2D eigenvalue weighted by atomic mass is 10.1. The first-order valence-electron chi connectivity index (χ1n) is 11.3. The van der Waals surface area contributed by atoms with E-state index in [1.165, 1.54) is 12.1 Å². The summed E-state index contributed by atoms with van der Waals surface area (Å²) in [7, 11) is 1.60. The van der Waals surface area contributed by atoms with Crippen LogP contribution in [0.15, 0.2) is 66.9 Å². The molecule has 1 N–H and O–H groups in total. The number of nitrogens with one attached hydrogen (secondary N) is 1. The van der Waals surface area contributed by atoms with Crippen LogP contribution in [0.1, 0.15) is 36.3 Å². The first kappa shape index (κ1) is 25.0. The molecule has 0 aliphatic rings. The predicted molar refractivity (Wildman–Crippen MR) is 128 cm³/mol. The topological polar surface area (TPSA) is 78.3 Å². The van der Waals surface area contributed by atoms with Crippen LogP contribution in [0, 0.1) is 0 Å². The standard InChI is InChI=1S/C26H25F3N4O3/c1-17(19-7-11-20(35-2)12-8-19)31-24(34)14-13-23-32-22-4-3-15-30-25(22)33(23)16-18-5-9-21(10-6-18)36-26(27,28)29/h3-12,15,17H,13-14,16H2,1-2H3,(H,31,34)/t17-/m0/s1. The van der Waals surface area contributed by atoms with Crippen LogP contribution in [0.25, 0.3) is 11.2 Å². The van der Waals surface area contributed by atoms with Crippen molar-refractivity contribution in [3.05, 3.63) is 83.8 Å². The molecule has 0 saturated carbocycles. The maximum atomic E-state index is 12.7. The third kappa shape index (κ3) is 6.32. The lowest BCUT2D eigenvalue weighted by molar-refractivity contribution is -0.274. The monoisotopic (exact) mass is 498 g/mol. The second-order valence-corrected chi connectivity index (χ2v) is 8.21. The normalized spacial score (nSPS) is 12.4. The molecule has 4 rings (SSSR count). The number of rotatable bonds is 9. The largest absolute Gasteiger partial charge is 0.573 e. The fourth-order valence-electron chi connectivity index (χ4n) is 3.86. The molecular weight excluding hydrogens is 473 g/mol. The number of imidazole rings is 1. The van der Waals surface area contributed by atoms with Crippen LogP contribution in [0.2, 0.25) is 0 Å². The van der Waals surface area contributed by atoms with Crippen molar-refractivity contribution in [3.63, 3.8) is 0 Å². The average molecular weight is 499 g/mol. The average Bonchev–Trinajstić information content (AvgIpc) is 3.20. The van der Waals surface area contributed by atoms with Gasteiger partial charge in [-0.2, -0.15) is 0 Å². The Kier molecular flexibility index (Phi) is 7.42. The van der Waals surface area contributed by atoms with E-state index >= 15 is 0 Å². The first-order valence-corrected chi connectivity index (χ1v) is 11.3. The van der Waals surface area contributed by atoms with Crippen molar-refractivity contribution < 1.29 is 27.4 Å². The number of hydrogen-bond acceptors (Lipinski definition) is 5. The lowest BCUT2D eigenvalue weighted by Crippen LogP contribution is -2.27. The highest BCUT2D eigenvalue weighted by Crippen LogP contribution is 2.24. The quantitative estimate of drug-likeness (QED) is 0.343. The molecule has 188 valence electrons. The van der Waals surface area contributed by atoms with E-state index in [-0.39, 0.29) is 24.1 Å². The molecule has 36 heavy (non-hydrogen) atoms. The highest BCUT2D eigenvalue weighted by atomic mass is 19.4. The molecule has 0 bridgehead atoms. The second-order valence-electron chi connectivity index (χ2n) is 8.21. The number of fused-ring (bicyclic) bond motifs is 1. The molecular formula is C26H25F3N4O3. The molecule has 1 atom stereocenters. The smallest absolute Gasteiger partial charge is 0.497 e. The molecule has 1 amide bonds. The summed E-state index contributed by atoms with van der Waals surface area (Å²) >= 11 is 0. The SMILES string of the molecule is COc1ccc([C@H](C)NC(=O)CCc2nc3cccnc3n2Cc2ccc(OC(F)(F)F)cc2)cc1. The van der Waals surface area contributed by atoms with Crippen molar-refractivity contribution >= 4 is 17.1 Å². The van der Waals surface area contributed by atoms with Crippen LogP contribution in [-0.4, -0.2) is 33.9 Å². The van der Waals surface area contributed by atoms with Gasteiger partial charge >= 0.3 is 6.36 Å². The zero-order valence-corrected chi connectivity index (χ0v) is 19.7. The molecule has 0 unspecified atom stereocenters. The number of aryl methyl sites for hydroxylation is 1. The summed E-state index contributed by atoms with van der Waals surface area (Å²) in [5, 5.41) is 2.99. The van der Waals surface area contributed by atoms with E-state index in [0.717, 1.165) is 16.9 Å². The molecule has 10 heteroatoms. The van der Waals surface area contributed by atoms with Crippen molar-refractivity contribution in [2.24, 2.45) is 0 Å². The van der Waals surface area contributed by atoms with Crippen molar-refractivity contribution in [2.75, 3.05) is 7.11 Å². The zero-order chi connectivity index (χ0) is 25.7. The van der Waals surface area contributed by atoms with Crippen LogP contribution < -0.4 is 14.8 Å². The molecule has 0 aliphatic carbocycles. The summed E-state index contributed by atoms with van der Waals surface area (Å²) in [5.41, 5.74) is 3.01. The molecule has 0 aliphatic heterocycles. The Morgan fingerprint density at radius 2 is 1.75 bits per heavy atom. The number of hydrogen-bond donors (Lipinski definition) is 1. The molecule has 0 saturated heterocycles. The van der Waals surface area contributed by atoms with Gasteiger partial charge in [-0.3, -0.25) is 4.79 Å². The van der Waals surface area contributed by atoms with Gasteiger partial charge in [0.25, 0.3) is 0 Å². The molecule has 0 radical (unpaired) electrons. The summed E-state index contributed by atoms with van der Waals surface area (Å²) in [4.78, 5) is 21.7. The Hall–Kier alpha value is -4.08. The second kappa shape index (κ2) is 10.7. The van der Waals surface area contributed by atoms with Gasteiger partial charge in [0.2, 0.25) is 5.91 Å². The van der Waals surface area contributed by atoms with Crippen LogP contribution in [0.4, 0.5) is 13.2 Å². The van der Waals surface area contributed by atoms with Gasteiger partial charge in [0, 0.05) is 19.0 Å². The van der Waals surface area contributed by atoms with Crippen molar-refractivity contribution in [1.29, 1.82) is 0 Å². The van der Waals surface area contributed by atoms with Gasteiger partial charge in [0.05, 0.1) is 19.7 Å². The molecule has 2 aromatic heterocycles. The third-order valence-electron chi connectivity index (χ3n) is 5.65. The summed E-state index contributed by atoms with van der Waals surface area (Å²) < 4.78 is 48.3. The molecule has 4 aromatic rings. The Bertz CT molecular complexity index is 1320. The van der Waals surface area contributed by atoms with Crippen LogP contribution in [0.3, 0.4) is 0 Å². The number of pyridine rings is 1. The fourth-order valence-corrected chi connectivity index (χ4v) is 3.86. The highest BCUT2D eigenvalue weighted by molar-refractivity contribution is 5.77. The van der Waals surface area contributed by atoms with Gasteiger partial charge in [-0.15, -0.1) is 13.2 Å². The molecule has 2 heterocycles. The van der Waals surface area contributed by atoms with E-state index in [4.69, 9.17) is 4.74 Å². The summed E-state index contributed by atoms with van der Waals surface area (Å²) in [6, 6.07) is 16.6. The molecule has 0 fully saturated rings. The fraction of sp³-hybridized carbons (Fsp3) is 0.269. The van der Waals surface area contributed by atoms with E-state index in [1.54, 1.807) is 31.5 Å². The number of ether oxygens (including phenoxy) is 2. The number of alkyl halides is 3. The minimum Gasteiger partial charge on any atom is -0.497 e. The van der Waals surface area contributed by atoms with E-state index in [9.17, 15) is 18.0 Å². The van der Waals surface area contributed by atoms with Gasteiger partial charge in [-0.25, -0.2) is 9.97 Å². The number of halogens is 3. The number of nitrogens with zero attached hydrogens (tertiary/aromatic N) is 3. The highest BCUT2D eigenvalue weighted by Gasteiger charge is 2.31. The number of benzene rings is 2. The van der Waals surface area contributed by atoms with E-state index in [1.807, 2.05) is 41.8 Å². The summed E-state index contributed by atoms with van der Waals surface area (Å²) in [6.45, 7) is 2.24. The number of amides is 1. The van der Waals surface area contributed by atoms with Crippen molar-refractivity contribution in [2.45, 2.75) is 38.7 Å². The Labute approximate surface area is 205 Å². The van der Waals surface area contributed by atoms with Crippen LogP contribution in [0.5, 0.6) is 11.5 Å². The van der Waals surface area contributed by atoms with Gasteiger partial charge in [-0.05, 0) is 54.4 Å². The Morgan fingerprint density at radius 3 is 2.42 bits per heavy atom. The van der Waals surface area contributed by atoms with Gasteiger partial charge < -0.3 is 19.4 Å². The maximum Gasteiger partial charge on any atom is 0.573 e. The first-order chi connectivity index (χ1) is 17.2. The predicted octanol–water partition coefficient (Wildman–Crippen LogP) is 5.20. The van der Waals surface area contributed by atoms with Gasteiger partial charge in [0.15, 0.2) is 5.65 Å². The Morgan fingerprint density at radius 1 is 1.06 bits per heavy atom. The minimum atomic E-state index is -4.75. The number of carbonyl (C=O) groups is 1. The number of aromatic nitrogens is 3. The van der Waals surface area contributed by atoms with Crippen LogP contribution in [-0.2, 0) is 17.8 Å². The Balaban J connectivity index is 1.45. The molecule has 0 spiro atoms. The molecule has 7 nitrogen and oxygen atoms in total. The van der Waals surface area contributed by atoms with Crippen molar-refractivity contribution in [3.8, 4) is 11.5 Å².